The fraction of sp³-hybridized carbons (Fsp3) is 0.0769. The number of H-pyrrole nitrogens is 1. The lowest BCUT2D eigenvalue weighted by Crippen LogP contribution is -2.28. The van der Waals surface area contributed by atoms with Crippen LogP contribution in [0.3, 0.4) is 0 Å². The number of aromatic nitrogens is 1. The van der Waals surface area contributed by atoms with Gasteiger partial charge in [0, 0.05) is 30.6 Å². The van der Waals surface area contributed by atoms with Crippen molar-refractivity contribution in [2.24, 2.45) is 0 Å². The van der Waals surface area contributed by atoms with E-state index >= 15 is 0 Å². The molecule has 1 amide bonds. The third-order valence-corrected chi connectivity index (χ3v) is 2.62. The molecule has 0 bridgehead atoms. The van der Waals surface area contributed by atoms with Gasteiger partial charge in [0.2, 0.25) is 5.43 Å². The molecular formula is C13H10F2N2O3. The third kappa shape index (κ3) is 2.82. The fourth-order valence-corrected chi connectivity index (χ4v) is 1.58. The van der Waals surface area contributed by atoms with Crippen LogP contribution in [0.25, 0.3) is 0 Å². The van der Waals surface area contributed by atoms with E-state index < -0.39 is 28.7 Å². The van der Waals surface area contributed by atoms with Crippen molar-refractivity contribution in [3.8, 4) is 5.75 Å². The van der Waals surface area contributed by atoms with E-state index in [9.17, 15) is 23.5 Å². The average molecular weight is 280 g/mol. The first-order valence-electron chi connectivity index (χ1n) is 5.61. The molecule has 0 aliphatic rings. The minimum absolute atomic E-state index is 0.0799. The number of nitrogens with one attached hydrogen (secondary N) is 2. The van der Waals surface area contributed by atoms with E-state index in [0.29, 0.717) is 6.07 Å². The van der Waals surface area contributed by atoms with Gasteiger partial charge < -0.3 is 15.4 Å². The molecule has 5 nitrogen and oxygen atoms in total. The number of benzene rings is 1. The van der Waals surface area contributed by atoms with Gasteiger partial charge in [-0.2, -0.15) is 0 Å². The Balaban J connectivity index is 2.13. The van der Waals surface area contributed by atoms with E-state index in [2.05, 4.69) is 10.3 Å². The molecule has 3 N–H and O–H groups in total. The van der Waals surface area contributed by atoms with Crippen molar-refractivity contribution in [1.29, 1.82) is 0 Å². The lowest BCUT2D eigenvalue weighted by atomic mass is 10.2. The van der Waals surface area contributed by atoms with E-state index in [4.69, 9.17) is 0 Å². The second-order valence-corrected chi connectivity index (χ2v) is 4.00. The van der Waals surface area contributed by atoms with Crippen LogP contribution >= 0.6 is 0 Å². The van der Waals surface area contributed by atoms with Crippen molar-refractivity contribution >= 4 is 5.91 Å². The number of pyridine rings is 1. The number of carbonyl (C=O) groups is 1. The predicted molar refractivity (Wildman–Crippen MR) is 66.3 cm³/mol. The fourth-order valence-electron chi connectivity index (χ4n) is 1.58. The van der Waals surface area contributed by atoms with E-state index in [-0.39, 0.29) is 17.7 Å². The van der Waals surface area contributed by atoms with E-state index in [1.165, 1.54) is 6.07 Å². The van der Waals surface area contributed by atoms with Gasteiger partial charge in [-0.05, 0) is 6.07 Å². The number of rotatable bonds is 3. The summed E-state index contributed by atoms with van der Waals surface area (Å²) < 4.78 is 26.1. The van der Waals surface area contributed by atoms with Crippen molar-refractivity contribution in [2.45, 2.75) is 6.54 Å². The number of aromatic amines is 1. The Morgan fingerprint density at radius 1 is 1.30 bits per heavy atom. The molecule has 1 aromatic carbocycles. The van der Waals surface area contributed by atoms with Crippen LogP contribution in [0.15, 0.2) is 35.4 Å². The quantitative estimate of drug-likeness (QED) is 0.792. The topological polar surface area (TPSA) is 82.2 Å². The van der Waals surface area contributed by atoms with Crippen molar-refractivity contribution in [3.63, 3.8) is 0 Å². The highest BCUT2D eigenvalue weighted by Crippen LogP contribution is 2.09. The maximum Gasteiger partial charge on any atom is 0.257 e. The summed E-state index contributed by atoms with van der Waals surface area (Å²) in [7, 11) is 0. The summed E-state index contributed by atoms with van der Waals surface area (Å²) in [5, 5.41) is 11.5. The molecule has 1 heterocycles. The molecule has 0 spiro atoms. The Hall–Kier alpha value is -2.70. The maximum absolute atomic E-state index is 13.3. The summed E-state index contributed by atoms with van der Waals surface area (Å²) in [5.41, 5.74) is -1.05. The van der Waals surface area contributed by atoms with Gasteiger partial charge in [0.25, 0.3) is 5.91 Å². The summed E-state index contributed by atoms with van der Waals surface area (Å²) in [6.45, 7) is -0.208. The number of halogens is 2. The predicted octanol–water partition coefficient (Wildman–Crippen LogP) is 1.29. The van der Waals surface area contributed by atoms with E-state index in [0.717, 1.165) is 18.5 Å². The molecule has 1 aromatic heterocycles. The SMILES string of the molecule is O=C(NCc1ccc(F)cc1F)c1c[nH]cc(O)c1=O. The molecule has 0 unspecified atom stereocenters. The number of hydrogen-bond donors (Lipinski definition) is 3. The number of aromatic hydroxyl groups is 1. The van der Waals surface area contributed by atoms with Crippen LogP contribution < -0.4 is 10.7 Å². The van der Waals surface area contributed by atoms with Crippen LogP contribution in [-0.2, 0) is 6.54 Å². The summed E-state index contributed by atoms with van der Waals surface area (Å²) >= 11 is 0. The molecule has 20 heavy (non-hydrogen) atoms. The van der Waals surface area contributed by atoms with Gasteiger partial charge in [-0.1, -0.05) is 6.07 Å². The summed E-state index contributed by atoms with van der Waals surface area (Å²) in [4.78, 5) is 25.6. The average Bonchev–Trinajstić information content (AvgIpc) is 2.40. The minimum Gasteiger partial charge on any atom is -0.503 e. The van der Waals surface area contributed by atoms with Crippen molar-refractivity contribution in [3.05, 3.63) is 63.6 Å². The first-order valence-corrected chi connectivity index (χ1v) is 5.61. The second kappa shape index (κ2) is 5.52. The Bertz CT molecular complexity index is 713. The molecule has 104 valence electrons. The highest BCUT2D eigenvalue weighted by Gasteiger charge is 2.13. The Morgan fingerprint density at radius 2 is 2.05 bits per heavy atom. The van der Waals surface area contributed by atoms with Crippen molar-refractivity contribution < 1.29 is 18.7 Å². The zero-order valence-electron chi connectivity index (χ0n) is 10.1. The largest absolute Gasteiger partial charge is 0.503 e. The molecule has 2 rings (SSSR count). The summed E-state index contributed by atoms with van der Waals surface area (Å²) in [6, 6.07) is 2.95. The molecule has 2 aromatic rings. The molecule has 0 radical (unpaired) electrons. The van der Waals surface area contributed by atoms with Gasteiger partial charge in [-0.25, -0.2) is 8.78 Å². The smallest absolute Gasteiger partial charge is 0.257 e. The van der Waals surface area contributed by atoms with Crippen molar-refractivity contribution in [2.75, 3.05) is 0 Å². The standard InChI is InChI=1S/C13H10F2N2O3/c14-8-2-1-7(10(15)3-8)4-17-13(20)9-5-16-6-11(18)12(9)19/h1-3,5-6,18H,4H2,(H,16,19)(H,17,20). The van der Waals surface area contributed by atoms with Gasteiger partial charge in [-0.3, -0.25) is 9.59 Å². The van der Waals surface area contributed by atoms with Gasteiger partial charge >= 0.3 is 0 Å². The molecule has 0 aliphatic carbocycles. The zero-order chi connectivity index (χ0) is 14.7. The van der Waals surface area contributed by atoms with Crippen LogP contribution in [0.5, 0.6) is 5.75 Å². The lowest BCUT2D eigenvalue weighted by Gasteiger charge is -2.06. The van der Waals surface area contributed by atoms with Crippen molar-refractivity contribution in [1.82, 2.24) is 10.3 Å². The molecule has 7 heteroatoms. The lowest BCUT2D eigenvalue weighted by molar-refractivity contribution is 0.0948. The van der Waals surface area contributed by atoms with Gasteiger partial charge in [0.15, 0.2) is 5.75 Å². The van der Waals surface area contributed by atoms with Crippen LogP contribution in [0.2, 0.25) is 0 Å². The highest BCUT2D eigenvalue weighted by molar-refractivity contribution is 5.94. The molecule has 0 atom stereocenters. The maximum atomic E-state index is 13.3. The monoisotopic (exact) mass is 280 g/mol. The highest BCUT2D eigenvalue weighted by atomic mass is 19.1. The molecule has 0 fully saturated rings. The van der Waals surface area contributed by atoms with Crippen LogP contribution in [0.4, 0.5) is 8.78 Å². The van der Waals surface area contributed by atoms with Crippen LogP contribution in [-0.4, -0.2) is 16.0 Å². The summed E-state index contributed by atoms with van der Waals surface area (Å²) in [6.07, 6.45) is 2.16. The number of hydrogen-bond acceptors (Lipinski definition) is 3. The van der Waals surface area contributed by atoms with Gasteiger partial charge in [0.05, 0.1) is 0 Å². The normalized spacial score (nSPS) is 10.3. The zero-order valence-corrected chi connectivity index (χ0v) is 10.1. The Kier molecular flexibility index (Phi) is 3.79. The Labute approximate surface area is 111 Å². The van der Waals surface area contributed by atoms with E-state index in [1.54, 1.807) is 0 Å². The first kappa shape index (κ1) is 13.7. The van der Waals surface area contributed by atoms with E-state index in [1.807, 2.05) is 0 Å². The Morgan fingerprint density at radius 3 is 2.75 bits per heavy atom. The van der Waals surface area contributed by atoms with Crippen LogP contribution in [0, 0.1) is 11.6 Å². The van der Waals surface area contributed by atoms with Gasteiger partial charge in [0.1, 0.15) is 17.2 Å². The third-order valence-electron chi connectivity index (χ3n) is 2.62. The molecule has 0 saturated carbocycles. The molecule has 0 aliphatic heterocycles. The second-order valence-electron chi connectivity index (χ2n) is 4.00. The minimum atomic E-state index is -0.833. The molecular weight excluding hydrogens is 270 g/mol. The summed E-state index contributed by atoms with van der Waals surface area (Å²) in [5.74, 6) is -2.88. The first-order chi connectivity index (χ1) is 9.49. The van der Waals surface area contributed by atoms with Crippen LogP contribution in [0.1, 0.15) is 15.9 Å². The molecule has 0 saturated heterocycles. The van der Waals surface area contributed by atoms with Gasteiger partial charge in [-0.15, -0.1) is 0 Å². The number of amides is 1. The number of carbonyl (C=O) groups excluding carboxylic acids is 1.